The van der Waals surface area contributed by atoms with Crippen LogP contribution in [0.15, 0.2) is 25.3 Å². The summed E-state index contributed by atoms with van der Waals surface area (Å²) in [5.41, 5.74) is 0. The highest BCUT2D eigenvalue weighted by Gasteiger charge is 2.31. The highest BCUT2D eigenvalue weighted by Crippen LogP contribution is 2.23. The normalized spacial score (nSPS) is 11.1. The van der Waals surface area contributed by atoms with Crippen molar-refractivity contribution in [2.75, 3.05) is 0 Å². The lowest BCUT2D eigenvalue weighted by Crippen LogP contribution is -2.36. The van der Waals surface area contributed by atoms with E-state index in [1.54, 1.807) is 6.92 Å². The third kappa shape index (κ3) is 17.0. The first kappa shape index (κ1) is 27.4. The number of rotatable bonds is 20. The van der Waals surface area contributed by atoms with Gasteiger partial charge < -0.3 is 9.47 Å². The quantitative estimate of drug-likeness (QED) is 0.0910. The number of hydrogen-bond donors (Lipinski definition) is 0. The molecule has 0 aromatic rings. The Kier molecular flexibility index (Phi) is 17.4. The van der Waals surface area contributed by atoms with Gasteiger partial charge in [0.15, 0.2) is 0 Å². The minimum atomic E-state index is -1.26. The molecule has 0 unspecified atom stereocenters. The van der Waals surface area contributed by atoms with Gasteiger partial charge in [0.05, 0.1) is 0 Å². The second kappa shape index (κ2) is 18.4. The number of carbonyl (C=O) groups excluding carboxylic acids is 2. The van der Waals surface area contributed by atoms with Gasteiger partial charge in [-0.05, 0) is 6.42 Å². The fraction of sp³-hybridized carbons (Fsp3) is 0.760. The van der Waals surface area contributed by atoms with Gasteiger partial charge in [-0.3, -0.25) is 0 Å². The molecule has 0 atom stereocenters. The average molecular weight is 409 g/mol. The van der Waals surface area contributed by atoms with E-state index in [-0.39, 0.29) is 0 Å². The summed E-state index contributed by atoms with van der Waals surface area (Å²) in [6.45, 7) is 10.6. The van der Waals surface area contributed by atoms with Crippen molar-refractivity contribution in [3.8, 4) is 0 Å². The van der Waals surface area contributed by atoms with Crippen LogP contribution in [0.5, 0.6) is 0 Å². The second-order valence-corrected chi connectivity index (χ2v) is 8.08. The zero-order valence-corrected chi connectivity index (χ0v) is 19.0. The first-order valence-corrected chi connectivity index (χ1v) is 11.7. The van der Waals surface area contributed by atoms with Crippen molar-refractivity contribution in [2.45, 2.75) is 122 Å². The van der Waals surface area contributed by atoms with Gasteiger partial charge in [-0.2, -0.15) is 0 Å². The third-order valence-corrected chi connectivity index (χ3v) is 5.20. The van der Waals surface area contributed by atoms with Crippen molar-refractivity contribution in [2.24, 2.45) is 0 Å². The van der Waals surface area contributed by atoms with E-state index in [0.29, 0.717) is 6.42 Å². The number of ether oxygens (including phenoxy) is 2. The smallest absolute Gasteiger partial charge is 0.333 e. The highest BCUT2D eigenvalue weighted by atomic mass is 16.7. The number of hydrogen-bond acceptors (Lipinski definition) is 4. The van der Waals surface area contributed by atoms with Gasteiger partial charge >= 0.3 is 11.9 Å². The molecule has 0 saturated carbocycles. The summed E-state index contributed by atoms with van der Waals surface area (Å²) in [5.74, 6) is -2.44. The fourth-order valence-electron chi connectivity index (χ4n) is 3.45. The minimum Gasteiger partial charge on any atom is -0.420 e. The molecule has 0 N–H and O–H groups in total. The molecule has 0 spiro atoms. The Bertz CT molecular complexity index is 434. The molecule has 0 aliphatic carbocycles. The lowest BCUT2D eigenvalue weighted by atomic mass is 10.0. The van der Waals surface area contributed by atoms with Crippen molar-refractivity contribution in [1.29, 1.82) is 0 Å². The molecule has 29 heavy (non-hydrogen) atoms. The zero-order chi connectivity index (χ0) is 21.8. The minimum absolute atomic E-state index is 0.477. The third-order valence-electron chi connectivity index (χ3n) is 5.20. The zero-order valence-electron chi connectivity index (χ0n) is 19.0. The molecule has 0 rings (SSSR count). The average Bonchev–Trinajstić information content (AvgIpc) is 2.70. The first-order chi connectivity index (χ1) is 14.0. The summed E-state index contributed by atoms with van der Waals surface area (Å²) in [7, 11) is 0. The Morgan fingerprint density at radius 3 is 1.28 bits per heavy atom. The molecule has 4 heteroatoms. The summed E-state index contributed by atoms with van der Waals surface area (Å²) in [6.07, 6.45) is 21.9. The van der Waals surface area contributed by atoms with E-state index in [4.69, 9.17) is 9.47 Å². The van der Waals surface area contributed by atoms with E-state index >= 15 is 0 Å². The van der Waals surface area contributed by atoms with Crippen molar-refractivity contribution >= 4 is 11.9 Å². The molecule has 0 aromatic heterocycles. The number of esters is 2. The molecular formula is C25H44O4. The van der Waals surface area contributed by atoms with Crippen LogP contribution in [0, 0.1) is 0 Å². The van der Waals surface area contributed by atoms with Crippen LogP contribution in [-0.4, -0.2) is 17.7 Å². The maximum atomic E-state index is 11.5. The van der Waals surface area contributed by atoms with Crippen molar-refractivity contribution < 1.29 is 19.1 Å². The first-order valence-electron chi connectivity index (χ1n) is 11.7. The Hall–Kier alpha value is -1.58. The van der Waals surface area contributed by atoms with Gasteiger partial charge in [-0.1, -0.05) is 110 Å². The van der Waals surface area contributed by atoms with Crippen molar-refractivity contribution in [3.05, 3.63) is 25.3 Å². The maximum Gasteiger partial charge on any atom is 0.333 e. The molecule has 0 bridgehead atoms. The Morgan fingerprint density at radius 1 is 0.655 bits per heavy atom. The SMILES string of the molecule is C=CC(=O)OC(C)(CCCCCCCCCCCCCCCCC)OC(=O)C=C. The van der Waals surface area contributed by atoms with Crippen molar-refractivity contribution in [3.63, 3.8) is 0 Å². The summed E-state index contributed by atoms with van der Waals surface area (Å²) in [4.78, 5) is 23.0. The molecule has 0 radical (unpaired) electrons. The standard InChI is InChI=1S/C25H44O4/c1-5-8-9-10-11-12-13-14-15-16-17-18-19-20-21-22-25(4,28-23(26)6-2)29-24(27)7-3/h6-7H,2-3,5,8-22H2,1,4H3. The van der Waals surface area contributed by atoms with Gasteiger partial charge in [-0.25, -0.2) is 9.59 Å². The van der Waals surface area contributed by atoms with Crippen LogP contribution in [0.4, 0.5) is 0 Å². The highest BCUT2D eigenvalue weighted by molar-refractivity contribution is 5.83. The van der Waals surface area contributed by atoms with E-state index in [0.717, 1.165) is 31.4 Å². The van der Waals surface area contributed by atoms with Gasteiger partial charge in [0.1, 0.15) is 0 Å². The predicted molar refractivity (Wildman–Crippen MR) is 121 cm³/mol. The lowest BCUT2D eigenvalue weighted by Gasteiger charge is -2.28. The van der Waals surface area contributed by atoms with Crippen LogP contribution in [0.3, 0.4) is 0 Å². The molecule has 0 saturated heterocycles. The Morgan fingerprint density at radius 2 is 0.966 bits per heavy atom. The van der Waals surface area contributed by atoms with Crippen LogP contribution in [0.1, 0.15) is 117 Å². The molecule has 0 amide bonds. The van der Waals surface area contributed by atoms with Gasteiger partial charge in [0.25, 0.3) is 5.79 Å². The summed E-state index contributed by atoms with van der Waals surface area (Å²) < 4.78 is 10.5. The number of carbonyl (C=O) groups is 2. The second-order valence-electron chi connectivity index (χ2n) is 8.08. The van der Waals surface area contributed by atoms with E-state index in [1.807, 2.05) is 0 Å². The summed E-state index contributed by atoms with van der Waals surface area (Å²) in [6, 6.07) is 0. The van der Waals surface area contributed by atoms with E-state index < -0.39 is 17.7 Å². The van der Waals surface area contributed by atoms with E-state index in [2.05, 4.69) is 20.1 Å². The largest absolute Gasteiger partial charge is 0.420 e. The van der Waals surface area contributed by atoms with Crippen molar-refractivity contribution in [1.82, 2.24) is 0 Å². The maximum absolute atomic E-state index is 11.5. The van der Waals surface area contributed by atoms with E-state index in [9.17, 15) is 9.59 Å². The van der Waals surface area contributed by atoms with Crippen LogP contribution in [-0.2, 0) is 19.1 Å². The fourth-order valence-corrected chi connectivity index (χ4v) is 3.45. The molecule has 0 aliphatic rings. The molecule has 0 aliphatic heterocycles. The van der Waals surface area contributed by atoms with Crippen LogP contribution in [0.25, 0.3) is 0 Å². The Labute approximate surface area is 179 Å². The van der Waals surface area contributed by atoms with E-state index in [1.165, 1.54) is 77.0 Å². The van der Waals surface area contributed by atoms with Crippen LogP contribution >= 0.6 is 0 Å². The lowest BCUT2D eigenvalue weighted by molar-refractivity contribution is -0.218. The summed E-state index contributed by atoms with van der Waals surface area (Å²) in [5, 5.41) is 0. The molecule has 0 heterocycles. The molecule has 0 aromatic carbocycles. The van der Waals surface area contributed by atoms with Gasteiger partial charge in [0, 0.05) is 25.5 Å². The monoisotopic (exact) mass is 408 g/mol. The predicted octanol–water partition coefficient (Wildman–Crippen LogP) is 7.42. The topological polar surface area (TPSA) is 52.6 Å². The summed E-state index contributed by atoms with van der Waals surface area (Å²) >= 11 is 0. The number of unbranched alkanes of at least 4 members (excludes halogenated alkanes) is 14. The molecular weight excluding hydrogens is 364 g/mol. The van der Waals surface area contributed by atoms with Crippen LogP contribution < -0.4 is 0 Å². The molecule has 4 nitrogen and oxygen atoms in total. The van der Waals surface area contributed by atoms with Gasteiger partial charge in [-0.15, -0.1) is 0 Å². The van der Waals surface area contributed by atoms with Crippen LogP contribution in [0.2, 0.25) is 0 Å². The van der Waals surface area contributed by atoms with Gasteiger partial charge in [0.2, 0.25) is 0 Å². The molecule has 168 valence electrons. The Balaban J connectivity index is 3.69. The molecule has 0 fully saturated rings.